The van der Waals surface area contributed by atoms with Gasteiger partial charge in [-0.25, -0.2) is 8.42 Å². The van der Waals surface area contributed by atoms with Crippen LogP contribution in [0.5, 0.6) is 5.75 Å². The zero-order chi connectivity index (χ0) is 13.2. The number of phenols is 1. The van der Waals surface area contributed by atoms with Crippen molar-refractivity contribution < 1.29 is 13.5 Å². The van der Waals surface area contributed by atoms with Gasteiger partial charge in [0.15, 0.2) is 14.9 Å². The van der Waals surface area contributed by atoms with Crippen molar-refractivity contribution in [1.82, 2.24) is 5.32 Å². The van der Waals surface area contributed by atoms with Gasteiger partial charge in [0, 0.05) is 5.41 Å². The highest BCUT2D eigenvalue weighted by atomic mass is 32.2. The predicted octanol–water partition coefficient (Wildman–Crippen LogP) is 0.989. The van der Waals surface area contributed by atoms with E-state index in [0.29, 0.717) is 5.69 Å². The second-order valence-electron chi connectivity index (χ2n) is 3.88. The Morgan fingerprint density at radius 2 is 2.11 bits per heavy atom. The molecular weight excluding hydrogens is 272 g/mol. The molecule has 18 heavy (non-hydrogen) atoms. The molecule has 0 amide bonds. The van der Waals surface area contributed by atoms with E-state index in [9.17, 15) is 13.5 Å². The van der Waals surface area contributed by atoms with Crippen LogP contribution in [0.2, 0.25) is 0 Å². The van der Waals surface area contributed by atoms with Crippen LogP contribution in [0.15, 0.2) is 35.7 Å². The molecular formula is C11H12N2O3S2. The molecule has 1 aliphatic heterocycles. The minimum atomic E-state index is -3.10. The quantitative estimate of drug-likeness (QED) is 0.555. The van der Waals surface area contributed by atoms with Gasteiger partial charge in [-0.3, -0.25) is 0 Å². The van der Waals surface area contributed by atoms with E-state index in [-0.39, 0.29) is 22.7 Å². The van der Waals surface area contributed by atoms with Crippen LogP contribution in [0, 0.1) is 0 Å². The number of anilines is 1. The van der Waals surface area contributed by atoms with Gasteiger partial charge in [0.05, 0.1) is 17.5 Å². The molecule has 1 unspecified atom stereocenters. The molecule has 0 aliphatic carbocycles. The summed E-state index contributed by atoms with van der Waals surface area (Å²) >= 11 is 5.05. The topological polar surface area (TPSA) is 78.4 Å². The normalized spacial score (nSPS) is 20.6. The summed E-state index contributed by atoms with van der Waals surface area (Å²) in [6.07, 6.45) is 1.55. The average Bonchev–Trinajstić information content (AvgIpc) is 2.61. The van der Waals surface area contributed by atoms with Crippen LogP contribution in [-0.2, 0) is 9.84 Å². The van der Waals surface area contributed by atoms with E-state index in [1.807, 2.05) is 0 Å². The first-order valence-corrected chi connectivity index (χ1v) is 7.35. The smallest absolute Gasteiger partial charge is 0.173 e. The van der Waals surface area contributed by atoms with Crippen molar-refractivity contribution in [1.29, 1.82) is 0 Å². The first-order valence-electron chi connectivity index (χ1n) is 5.23. The van der Waals surface area contributed by atoms with Crippen molar-refractivity contribution in [2.75, 3.05) is 11.1 Å². The molecule has 0 fully saturated rings. The van der Waals surface area contributed by atoms with Crippen molar-refractivity contribution in [2.24, 2.45) is 0 Å². The van der Waals surface area contributed by atoms with Gasteiger partial charge >= 0.3 is 0 Å². The maximum absolute atomic E-state index is 11.2. The predicted molar refractivity (Wildman–Crippen MR) is 74.2 cm³/mol. The van der Waals surface area contributed by atoms with E-state index in [4.69, 9.17) is 12.2 Å². The molecule has 0 spiro atoms. The molecule has 1 aliphatic rings. The molecule has 5 nitrogen and oxygen atoms in total. The maximum atomic E-state index is 11.2. The molecule has 0 aromatic heterocycles. The van der Waals surface area contributed by atoms with Gasteiger partial charge in [0.1, 0.15) is 5.75 Å². The summed E-state index contributed by atoms with van der Waals surface area (Å²) in [6, 6.07) is 6.32. The zero-order valence-corrected chi connectivity index (χ0v) is 11.0. The van der Waals surface area contributed by atoms with Gasteiger partial charge in [-0.1, -0.05) is 12.1 Å². The van der Waals surface area contributed by atoms with Gasteiger partial charge in [-0.05, 0) is 30.4 Å². The van der Waals surface area contributed by atoms with Crippen LogP contribution in [0.25, 0.3) is 0 Å². The highest BCUT2D eigenvalue weighted by Crippen LogP contribution is 2.21. The number of aromatic hydroxyl groups is 1. The van der Waals surface area contributed by atoms with Gasteiger partial charge in [-0.2, -0.15) is 0 Å². The third kappa shape index (κ3) is 3.21. The summed E-state index contributed by atoms with van der Waals surface area (Å²) in [5.41, 5.74) is 0.472. The van der Waals surface area contributed by atoms with E-state index >= 15 is 0 Å². The van der Waals surface area contributed by atoms with Crippen LogP contribution in [0.1, 0.15) is 0 Å². The summed E-state index contributed by atoms with van der Waals surface area (Å²) in [4.78, 5) is 0. The third-order valence-corrected chi connectivity index (χ3v) is 4.01. The lowest BCUT2D eigenvalue weighted by Gasteiger charge is -2.14. The Labute approximate surface area is 110 Å². The molecule has 0 radical (unpaired) electrons. The standard InChI is InChI=1S/C11H12N2O3S2/c14-10-4-2-1-3-9(10)13-11(17)12-8-5-6-18(15,16)7-8/h1-6,8,14H,7H2,(H2,12,13,17). The van der Waals surface area contributed by atoms with Crippen LogP contribution in [0.3, 0.4) is 0 Å². The monoisotopic (exact) mass is 284 g/mol. The van der Waals surface area contributed by atoms with Crippen molar-refractivity contribution in [3.05, 3.63) is 35.7 Å². The minimum absolute atomic E-state index is 0.00437. The van der Waals surface area contributed by atoms with E-state index < -0.39 is 9.84 Å². The lowest BCUT2D eigenvalue weighted by Crippen LogP contribution is -2.38. The largest absolute Gasteiger partial charge is 0.506 e. The highest BCUT2D eigenvalue weighted by molar-refractivity contribution is 7.94. The zero-order valence-electron chi connectivity index (χ0n) is 9.33. The fourth-order valence-electron chi connectivity index (χ4n) is 1.57. The van der Waals surface area contributed by atoms with Gasteiger partial charge in [0.25, 0.3) is 0 Å². The molecule has 1 atom stereocenters. The molecule has 96 valence electrons. The molecule has 1 aromatic rings. The molecule has 0 saturated carbocycles. The highest BCUT2D eigenvalue weighted by Gasteiger charge is 2.22. The van der Waals surface area contributed by atoms with E-state index in [2.05, 4.69) is 10.6 Å². The Morgan fingerprint density at radius 1 is 1.39 bits per heavy atom. The Hall–Kier alpha value is -1.60. The number of para-hydroxylation sites is 2. The van der Waals surface area contributed by atoms with E-state index in [1.165, 1.54) is 11.5 Å². The molecule has 1 aromatic carbocycles. The third-order valence-electron chi connectivity index (χ3n) is 2.40. The Kier molecular flexibility index (Phi) is 3.53. The second-order valence-corrected chi connectivity index (χ2v) is 6.22. The Morgan fingerprint density at radius 3 is 2.72 bits per heavy atom. The number of nitrogens with one attached hydrogen (secondary N) is 2. The lowest BCUT2D eigenvalue weighted by molar-refractivity contribution is 0.478. The second kappa shape index (κ2) is 4.95. The molecule has 2 rings (SSSR count). The number of sulfone groups is 1. The summed E-state index contributed by atoms with van der Waals surface area (Å²) in [5, 5.41) is 16.6. The lowest BCUT2D eigenvalue weighted by atomic mass is 10.3. The van der Waals surface area contributed by atoms with Crippen molar-refractivity contribution >= 4 is 32.9 Å². The summed E-state index contributed by atoms with van der Waals surface area (Å²) in [6.45, 7) is 0. The molecule has 0 saturated heterocycles. The van der Waals surface area contributed by atoms with Crippen LogP contribution < -0.4 is 10.6 Å². The van der Waals surface area contributed by atoms with Crippen LogP contribution in [0.4, 0.5) is 5.69 Å². The van der Waals surface area contributed by atoms with Gasteiger partial charge in [-0.15, -0.1) is 0 Å². The SMILES string of the molecule is O=S1(=O)C=CC(NC(=S)Nc2ccccc2O)C1. The summed E-state index contributed by atoms with van der Waals surface area (Å²) in [7, 11) is -3.10. The Balaban J connectivity index is 1.95. The fourth-order valence-corrected chi connectivity index (χ4v) is 3.07. The van der Waals surface area contributed by atoms with E-state index in [0.717, 1.165) is 0 Å². The van der Waals surface area contributed by atoms with E-state index in [1.54, 1.807) is 24.3 Å². The first-order chi connectivity index (χ1) is 8.46. The molecule has 7 heteroatoms. The van der Waals surface area contributed by atoms with Crippen LogP contribution in [-0.4, -0.2) is 30.4 Å². The number of rotatable bonds is 2. The number of hydrogen-bond donors (Lipinski definition) is 3. The molecule has 3 N–H and O–H groups in total. The molecule has 0 bridgehead atoms. The van der Waals surface area contributed by atoms with Gasteiger partial charge < -0.3 is 15.7 Å². The molecule has 1 heterocycles. The average molecular weight is 284 g/mol. The van der Waals surface area contributed by atoms with Crippen molar-refractivity contribution in [3.8, 4) is 5.75 Å². The number of hydrogen-bond acceptors (Lipinski definition) is 4. The maximum Gasteiger partial charge on any atom is 0.173 e. The number of benzene rings is 1. The number of phenolic OH excluding ortho intramolecular Hbond substituents is 1. The van der Waals surface area contributed by atoms with Crippen molar-refractivity contribution in [2.45, 2.75) is 6.04 Å². The Bertz CT molecular complexity index is 596. The van der Waals surface area contributed by atoms with Crippen LogP contribution >= 0.6 is 12.2 Å². The fraction of sp³-hybridized carbons (Fsp3) is 0.182. The first kappa shape index (κ1) is 12.8. The van der Waals surface area contributed by atoms with Crippen molar-refractivity contribution in [3.63, 3.8) is 0 Å². The summed E-state index contributed by atoms with van der Waals surface area (Å²) in [5.74, 6) is 0.0755. The number of thiocarbonyl (C=S) groups is 1. The minimum Gasteiger partial charge on any atom is -0.506 e. The van der Waals surface area contributed by atoms with Gasteiger partial charge in [0.2, 0.25) is 0 Å². The summed E-state index contributed by atoms with van der Waals surface area (Å²) < 4.78 is 22.4.